The van der Waals surface area contributed by atoms with Crippen LogP contribution in [0.5, 0.6) is 0 Å². The molecule has 0 aliphatic carbocycles. The molecule has 0 aliphatic rings. The maximum absolute atomic E-state index is 13.4. The fourth-order valence-electron chi connectivity index (χ4n) is 1.95. The number of ketones is 1. The van der Waals surface area contributed by atoms with Crippen LogP contribution >= 0.6 is 15.9 Å². The zero-order chi connectivity index (χ0) is 14.2. The minimum atomic E-state index is -0.407. The number of aromatic nitrogens is 2. The maximum Gasteiger partial charge on any atom is 0.212 e. The van der Waals surface area contributed by atoms with Crippen molar-refractivity contribution in [2.75, 3.05) is 0 Å². The van der Waals surface area contributed by atoms with E-state index in [1.807, 2.05) is 13.8 Å². The molecule has 1 aromatic heterocycles. The normalized spacial score (nSPS) is 11.1. The lowest BCUT2D eigenvalue weighted by molar-refractivity contribution is 0.102. The van der Waals surface area contributed by atoms with Gasteiger partial charge in [-0.25, -0.2) is 4.39 Å². The third-order valence-electron chi connectivity index (χ3n) is 2.76. The summed E-state index contributed by atoms with van der Waals surface area (Å²) >= 11 is 3.32. The number of carbonyl (C=O) groups excluding carboxylic acids is 1. The van der Waals surface area contributed by atoms with Gasteiger partial charge in [0, 0.05) is 11.6 Å². The molecular weight excluding hydrogens is 311 g/mol. The quantitative estimate of drug-likeness (QED) is 0.802. The first-order valence-electron chi connectivity index (χ1n) is 5.95. The highest BCUT2D eigenvalue weighted by atomic mass is 79.9. The van der Waals surface area contributed by atoms with E-state index in [-0.39, 0.29) is 11.8 Å². The standard InChI is InChI=1S/C14H14BrFN2O/c1-8(2)18-13(12(15)7-17-18)14(19)10-4-9(3)5-11(16)6-10/h4-8H,1-3H3. The average Bonchev–Trinajstić information content (AvgIpc) is 2.69. The van der Waals surface area contributed by atoms with E-state index < -0.39 is 5.82 Å². The van der Waals surface area contributed by atoms with Gasteiger partial charge in [-0.15, -0.1) is 0 Å². The molecule has 0 saturated carbocycles. The Balaban J connectivity index is 2.53. The molecule has 0 atom stereocenters. The Morgan fingerprint density at radius 3 is 2.63 bits per heavy atom. The summed E-state index contributed by atoms with van der Waals surface area (Å²) in [6.45, 7) is 5.63. The molecule has 0 aliphatic heterocycles. The molecule has 0 spiro atoms. The van der Waals surface area contributed by atoms with Crippen LogP contribution in [-0.2, 0) is 0 Å². The van der Waals surface area contributed by atoms with E-state index in [1.165, 1.54) is 12.1 Å². The lowest BCUT2D eigenvalue weighted by Gasteiger charge is -2.11. The van der Waals surface area contributed by atoms with Gasteiger partial charge >= 0.3 is 0 Å². The molecule has 1 heterocycles. The lowest BCUT2D eigenvalue weighted by atomic mass is 10.1. The van der Waals surface area contributed by atoms with Gasteiger partial charge in [-0.1, -0.05) is 0 Å². The highest BCUT2D eigenvalue weighted by Crippen LogP contribution is 2.23. The molecule has 0 N–H and O–H groups in total. The molecule has 0 radical (unpaired) electrons. The van der Waals surface area contributed by atoms with Crippen LogP contribution < -0.4 is 0 Å². The summed E-state index contributed by atoms with van der Waals surface area (Å²) < 4.78 is 15.7. The maximum atomic E-state index is 13.4. The zero-order valence-corrected chi connectivity index (χ0v) is 12.5. The Morgan fingerprint density at radius 1 is 1.37 bits per heavy atom. The summed E-state index contributed by atoms with van der Waals surface area (Å²) in [4.78, 5) is 12.5. The first-order valence-corrected chi connectivity index (χ1v) is 6.74. The summed E-state index contributed by atoms with van der Waals surface area (Å²) in [6.07, 6.45) is 1.58. The average molecular weight is 325 g/mol. The van der Waals surface area contributed by atoms with Gasteiger partial charge in [0.1, 0.15) is 11.5 Å². The van der Waals surface area contributed by atoms with E-state index in [9.17, 15) is 9.18 Å². The third-order valence-corrected chi connectivity index (χ3v) is 3.34. The second-order valence-corrected chi connectivity index (χ2v) is 5.58. The molecule has 1 aromatic carbocycles. The fourth-order valence-corrected chi connectivity index (χ4v) is 2.40. The predicted octanol–water partition coefficient (Wildman–Crippen LogP) is 3.91. The van der Waals surface area contributed by atoms with Crippen LogP contribution in [0, 0.1) is 12.7 Å². The summed E-state index contributed by atoms with van der Waals surface area (Å²) in [5.74, 6) is -0.643. The molecule has 0 unspecified atom stereocenters. The van der Waals surface area contributed by atoms with Crippen LogP contribution in [0.25, 0.3) is 0 Å². The Hall–Kier alpha value is -1.49. The fraction of sp³-hybridized carbons (Fsp3) is 0.286. The van der Waals surface area contributed by atoms with Gasteiger partial charge in [-0.05, 0) is 60.5 Å². The molecule has 100 valence electrons. The van der Waals surface area contributed by atoms with Gasteiger partial charge in [0.2, 0.25) is 5.78 Å². The second-order valence-electron chi connectivity index (χ2n) is 4.73. The molecule has 19 heavy (non-hydrogen) atoms. The Kier molecular flexibility index (Phi) is 3.85. The van der Waals surface area contributed by atoms with E-state index in [2.05, 4.69) is 21.0 Å². The van der Waals surface area contributed by atoms with E-state index in [0.717, 1.165) is 5.56 Å². The minimum absolute atomic E-state index is 0.0555. The van der Waals surface area contributed by atoms with Gasteiger partial charge in [0.15, 0.2) is 0 Å². The molecule has 3 nitrogen and oxygen atoms in total. The number of nitrogens with zero attached hydrogens (tertiary/aromatic N) is 2. The number of hydrogen-bond donors (Lipinski definition) is 0. The lowest BCUT2D eigenvalue weighted by Crippen LogP contribution is -2.14. The van der Waals surface area contributed by atoms with E-state index in [4.69, 9.17) is 0 Å². The Morgan fingerprint density at radius 2 is 2.05 bits per heavy atom. The van der Waals surface area contributed by atoms with Crippen molar-refractivity contribution in [2.45, 2.75) is 26.8 Å². The van der Waals surface area contributed by atoms with Crippen molar-refractivity contribution in [3.05, 3.63) is 51.5 Å². The van der Waals surface area contributed by atoms with Crippen molar-refractivity contribution in [3.63, 3.8) is 0 Å². The number of rotatable bonds is 3. The van der Waals surface area contributed by atoms with Gasteiger partial charge in [0.05, 0.1) is 10.7 Å². The number of hydrogen-bond acceptors (Lipinski definition) is 2. The van der Waals surface area contributed by atoms with Gasteiger partial charge < -0.3 is 0 Å². The van der Waals surface area contributed by atoms with Crippen LogP contribution in [0.1, 0.15) is 41.5 Å². The van der Waals surface area contributed by atoms with E-state index >= 15 is 0 Å². The van der Waals surface area contributed by atoms with Crippen molar-refractivity contribution in [1.82, 2.24) is 9.78 Å². The first kappa shape index (κ1) is 13.9. The van der Waals surface area contributed by atoms with Crippen LogP contribution in [0.15, 0.2) is 28.9 Å². The van der Waals surface area contributed by atoms with E-state index in [0.29, 0.717) is 15.7 Å². The van der Waals surface area contributed by atoms with Crippen LogP contribution in [0.3, 0.4) is 0 Å². The number of halogens is 2. The molecule has 0 saturated heterocycles. The molecule has 0 bridgehead atoms. The number of aryl methyl sites for hydroxylation is 1. The minimum Gasteiger partial charge on any atom is -0.287 e. The zero-order valence-electron chi connectivity index (χ0n) is 10.9. The predicted molar refractivity (Wildman–Crippen MR) is 74.9 cm³/mol. The third kappa shape index (κ3) is 2.76. The molecule has 2 rings (SSSR count). The summed E-state index contributed by atoms with van der Waals surface area (Å²) in [6, 6.07) is 4.38. The molecule has 0 fully saturated rings. The van der Waals surface area contributed by atoms with Crippen molar-refractivity contribution in [1.29, 1.82) is 0 Å². The van der Waals surface area contributed by atoms with Gasteiger partial charge in [-0.3, -0.25) is 9.48 Å². The molecule has 2 aromatic rings. The first-order chi connectivity index (χ1) is 8.90. The van der Waals surface area contributed by atoms with Crippen LogP contribution in [0.4, 0.5) is 4.39 Å². The van der Waals surface area contributed by atoms with E-state index in [1.54, 1.807) is 23.9 Å². The topological polar surface area (TPSA) is 34.9 Å². The van der Waals surface area contributed by atoms with Gasteiger partial charge in [0.25, 0.3) is 0 Å². The Labute approximate surface area is 119 Å². The monoisotopic (exact) mass is 324 g/mol. The summed E-state index contributed by atoms with van der Waals surface area (Å²) in [7, 11) is 0. The second kappa shape index (κ2) is 5.25. The summed E-state index contributed by atoms with van der Waals surface area (Å²) in [5.41, 5.74) is 1.50. The van der Waals surface area contributed by atoms with Crippen LogP contribution in [0.2, 0.25) is 0 Å². The highest BCUT2D eigenvalue weighted by molar-refractivity contribution is 9.10. The SMILES string of the molecule is Cc1cc(F)cc(C(=O)c2c(Br)cnn2C(C)C)c1. The Bertz CT molecular complexity index is 614. The van der Waals surface area contributed by atoms with Crippen molar-refractivity contribution < 1.29 is 9.18 Å². The van der Waals surface area contributed by atoms with Crippen LogP contribution in [-0.4, -0.2) is 15.6 Å². The molecule has 0 amide bonds. The molecule has 5 heteroatoms. The van der Waals surface area contributed by atoms with Gasteiger partial charge in [-0.2, -0.15) is 5.10 Å². The number of carbonyl (C=O) groups is 1. The highest BCUT2D eigenvalue weighted by Gasteiger charge is 2.21. The smallest absolute Gasteiger partial charge is 0.212 e. The summed E-state index contributed by atoms with van der Waals surface area (Å²) in [5, 5.41) is 4.16. The number of benzene rings is 1. The molecular formula is C14H14BrFN2O. The van der Waals surface area contributed by atoms with Crippen molar-refractivity contribution in [3.8, 4) is 0 Å². The van der Waals surface area contributed by atoms with Crippen molar-refractivity contribution in [2.24, 2.45) is 0 Å². The van der Waals surface area contributed by atoms with Crippen molar-refractivity contribution >= 4 is 21.7 Å². The largest absolute Gasteiger partial charge is 0.287 e.